The third kappa shape index (κ3) is 2.97. The van der Waals surface area contributed by atoms with Gasteiger partial charge in [0.25, 0.3) is 5.91 Å². The highest BCUT2D eigenvalue weighted by molar-refractivity contribution is 6.04. The monoisotopic (exact) mass is 280 g/mol. The van der Waals surface area contributed by atoms with Gasteiger partial charge in [-0.1, -0.05) is 12.1 Å². The molecule has 3 nitrogen and oxygen atoms in total. The number of halogens is 3. The topological polar surface area (TPSA) is 55.1 Å². The summed E-state index contributed by atoms with van der Waals surface area (Å²) in [5.41, 5.74) is 5.77. The Bertz CT molecular complexity index is 618. The fraction of sp³-hybridized carbons (Fsp3) is 0.0714. The van der Waals surface area contributed by atoms with Crippen LogP contribution in [-0.4, -0.2) is 5.91 Å². The number of anilines is 1. The first kappa shape index (κ1) is 14.1. The molecule has 1 amide bonds. The van der Waals surface area contributed by atoms with E-state index in [2.05, 4.69) is 5.32 Å². The Morgan fingerprint density at radius 1 is 1.05 bits per heavy atom. The predicted octanol–water partition coefficient (Wildman–Crippen LogP) is 2.81. The molecule has 2 rings (SSSR count). The van der Waals surface area contributed by atoms with Crippen molar-refractivity contribution in [2.24, 2.45) is 5.73 Å². The number of nitrogens with one attached hydrogen (secondary N) is 1. The number of nitrogens with two attached hydrogens (primary N) is 1. The summed E-state index contributed by atoms with van der Waals surface area (Å²) in [6.07, 6.45) is 0. The van der Waals surface area contributed by atoms with Gasteiger partial charge in [-0.2, -0.15) is 0 Å². The molecule has 0 spiro atoms. The zero-order valence-electron chi connectivity index (χ0n) is 10.3. The molecular formula is C14H11F3N2O. The van der Waals surface area contributed by atoms with E-state index in [1.165, 1.54) is 12.1 Å². The van der Waals surface area contributed by atoms with Crippen molar-refractivity contribution in [3.8, 4) is 0 Å². The second-order valence-corrected chi connectivity index (χ2v) is 4.10. The smallest absolute Gasteiger partial charge is 0.255 e. The number of rotatable bonds is 3. The van der Waals surface area contributed by atoms with E-state index in [1.807, 2.05) is 0 Å². The van der Waals surface area contributed by atoms with E-state index in [0.29, 0.717) is 18.7 Å². The van der Waals surface area contributed by atoms with Crippen molar-refractivity contribution >= 4 is 11.6 Å². The standard InChI is InChI=1S/C14H11F3N2O/c15-10-5-11(16)13(12(17)6-10)19-14(20)9-3-1-8(7-18)2-4-9/h1-6H,7,18H2,(H,19,20). The largest absolute Gasteiger partial charge is 0.326 e. The van der Waals surface area contributed by atoms with Crippen LogP contribution in [0.25, 0.3) is 0 Å². The van der Waals surface area contributed by atoms with Gasteiger partial charge in [0.1, 0.15) is 11.5 Å². The molecule has 0 atom stereocenters. The Balaban J connectivity index is 2.23. The molecule has 0 unspecified atom stereocenters. The van der Waals surface area contributed by atoms with E-state index in [-0.39, 0.29) is 5.56 Å². The molecule has 2 aromatic carbocycles. The normalized spacial score (nSPS) is 10.4. The van der Waals surface area contributed by atoms with Crippen LogP contribution in [0.15, 0.2) is 36.4 Å². The highest BCUT2D eigenvalue weighted by Gasteiger charge is 2.15. The van der Waals surface area contributed by atoms with Gasteiger partial charge in [-0.3, -0.25) is 4.79 Å². The van der Waals surface area contributed by atoms with Crippen molar-refractivity contribution < 1.29 is 18.0 Å². The molecule has 0 heterocycles. The molecule has 0 aromatic heterocycles. The van der Waals surface area contributed by atoms with Gasteiger partial charge in [-0.25, -0.2) is 13.2 Å². The van der Waals surface area contributed by atoms with Crippen LogP contribution in [0, 0.1) is 17.5 Å². The van der Waals surface area contributed by atoms with Crippen molar-refractivity contribution in [3.05, 3.63) is 65.0 Å². The van der Waals surface area contributed by atoms with Crippen molar-refractivity contribution in [2.75, 3.05) is 5.32 Å². The summed E-state index contributed by atoms with van der Waals surface area (Å²) >= 11 is 0. The lowest BCUT2D eigenvalue weighted by Gasteiger charge is -2.08. The van der Waals surface area contributed by atoms with Crippen LogP contribution in [0.1, 0.15) is 15.9 Å². The maximum absolute atomic E-state index is 13.4. The van der Waals surface area contributed by atoms with Crippen LogP contribution in [0.2, 0.25) is 0 Å². The third-order valence-corrected chi connectivity index (χ3v) is 2.70. The molecule has 0 bridgehead atoms. The van der Waals surface area contributed by atoms with Gasteiger partial charge in [0.2, 0.25) is 0 Å². The average molecular weight is 280 g/mol. The molecule has 104 valence electrons. The van der Waals surface area contributed by atoms with Gasteiger partial charge in [0.15, 0.2) is 11.6 Å². The van der Waals surface area contributed by atoms with E-state index < -0.39 is 29.0 Å². The first-order chi connectivity index (χ1) is 9.51. The zero-order chi connectivity index (χ0) is 14.7. The molecule has 0 saturated carbocycles. The molecule has 3 N–H and O–H groups in total. The molecule has 0 aliphatic carbocycles. The summed E-state index contributed by atoms with van der Waals surface area (Å²) in [6, 6.07) is 7.22. The molecule has 0 fully saturated rings. The molecule has 0 aliphatic heterocycles. The van der Waals surface area contributed by atoms with E-state index in [1.54, 1.807) is 12.1 Å². The van der Waals surface area contributed by atoms with Gasteiger partial charge in [-0.15, -0.1) is 0 Å². The number of amides is 1. The van der Waals surface area contributed by atoms with Crippen molar-refractivity contribution in [1.29, 1.82) is 0 Å². The summed E-state index contributed by atoms with van der Waals surface area (Å²) in [7, 11) is 0. The van der Waals surface area contributed by atoms with Gasteiger partial charge < -0.3 is 11.1 Å². The van der Waals surface area contributed by atoms with Crippen molar-refractivity contribution in [3.63, 3.8) is 0 Å². The Morgan fingerprint density at radius 2 is 1.60 bits per heavy atom. The molecule has 2 aromatic rings. The second kappa shape index (κ2) is 5.75. The number of hydrogen-bond donors (Lipinski definition) is 2. The Labute approximate surface area is 113 Å². The fourth-order valence-electron chi connectivity index (χ4n) is 1.64. The summed E-state index contributed by atoms with van der Waals surface area (Å²) in [4.78, 5) is 11.8. The summed E-state index contributed by atoms with van der Waals surface area (Å²) in [5, 5.41) is 2.07. The average Bonchev–Trinajstić information content (AvgIpc) is 2.42. The van der Waals surface area contributed by atoms with E-state index >= 15 is 0 Å². The highest BCUT2D eigenvalue weighted by Crippen LogP contribution is 2.21. The molecule has 0 aliphatic rings. The Hall–Kier alpha value is -2.34. The lowest BCUT2D eigenvalue weighted by molar-refractivity contribution is 0.102. The quantitative estimate of drug-likeness (QED) is 0.908. The summed E-state index contributed by atoms with van der Waals surface area (Å²) in [6.45, 7) is 0.323. The molecular weight excluding hydrogens is 269 g/mol. The molecule has 0 radical (unpaired) electrons. The van der Waals surface area contributed by atoms with Crippen molar-refractivity contribution in [2.45, 2.75) is 6.54 Å². The predicted molar refractivity (Wildman–Crippen MR) is 68.6 cm³/mol. The first-order valence-electron chi connectivity index (χ1n) is 5.76. The van der Waals surface area contributed by atoms with E-state index in [9.17, 15) is 18.0 Å². The van der Waals surface area contributed by atoms with Crippen LogP contribution >= 0.6 is 0 Å². The van der Waals surface area contributed by atoms with E-state index in [0.717, 1.165) is 5.56 Å². The Kier molecular flexibility index (Phi) is 4.05. The van der Waals surface area contributed by atoms with Crippen LogP contribution in [0.4, 0.5) is 18.9 Å². The lowest BCUT2D eigenvalue weighted by Crippen LogP contribution is -2.14. The number of carbonyl (C=O) groups excluding carboxylic acids is 1. The lowest BCUT2D eigenvalue weighted by atomic mass is 10.1. The maximum atomic E-state index is 13.4. The van der Waals surface area contributed by atoms with Crippen LogP contribution in [0.3, 0.4) is 0 Å². The molecule has 6 heteroatoms. The fourth-order valence-corrected chi connectivity index (χ4v) is 1.64. The second-order valence-electron chi connectivity index (χ2n) is 4.10. The van der Waals surface area contributed by atoms with Crippen LogP contribution < -0.4 is 11.1 Å². The number of carbonyl (C=O) groups is 1. The minimum atomic E-state index is -1.17. The maximum Gasteiger partial charge on any atom is 0.255 e. The van der Waals surface area contributed by atoms with Crippen molar-refractivity contribution in [1.82, 2.24) is 0 Å². The van der Waals surface area contributed by atoms with Crippen LogP contribution in [0.5, 0.6) is 0 Å². The SMILES string of the molecule is NCc1ccc(C(=O)Nc2c(F)cc(F)cc2F)cc1. The highest BCUT2D eigenvalue weighted by atomic mass is 19.1. The minimum Gasteiger partial charge on any atom is -0.326 e. The van der Waals surface area contributed by atoms with Gasteiger partial charge in [0, 0.05) is 24.2 Å². The van der Waals surface area contributed by atoms with Gasteiger partial charge in [0.05, 0.1) is 0 Å². The number of benzene rings is 2. The third-order valence-electron chi connectivity index (χ3n) is 2.70. The Morgan fingerprint density at radius 3 is 2.10 bits per heavy atom. The summed E-state index contributed by atoms with van der Waals surface area (Å²) < 4.78 is 39.5. The van der Waals surface area contributed by atoms with E-state index in [4.69, 9.17) is 5.73 Å². The molecule has 0 saturated heterocycles. The molecule has 20 heavy (non-hydrogen) atoms. The van der Waals surface area contributed by atoms with Gasteiger partial charge >= 0.3 is 0 Å². The first-order valence-corrected chi connectivity index (χ1v) is 5.76. The minimum absolute atomic E-state index is 0.213. The summed E-state index contributed by atoms with van der Waals surface area (Å²) in [5.74, 6) is -4.09. The van der Waals surface area contributed by atoms with Crippen LogP contribution in [-0.2, 0) is 6.54 Å². The zero-order valence-corrected chi connectivity index (χ0v) is 10.3. The van der Waals surface area contributed by atoms with Gasteiger partial charge in [-0.05, 0) is 17.7 Å². The number of hydrogen-bond acceptors (Lipinski definition) is 2.